The Morgan fingerprint density at radius 2 is 1.14 bits per heavy atom. The minimum Gasteiger partial charge on any atom is -0.488 e. The fraction of sp³-hybridized carbons (Fsp3) is 0.0536. The largest absolute Gasteiger partial charge is 0.488 e. The fourth-order valence-electron chi connectivity index (χ4n) is 7.51. The molecular weight excluding hydrogens is 977 g/mol. The van der Waals surface area contributed by atoms with Crippen LogP contribution >= 0.6 is 23.1 Å². The molecule has 4 N–H and O–H groups in total. The maximum absolute atomic E-state index is 13.4. The Bertz CT molecular complexity index is 3550. The summed E-state index contributed by atoms with van der Waals surface area (Å²) >= 11 is 7.55. The van der Waals surface area contributed by atoms with Gasteiger partial charge in [-0.2, -0.15) is 9.47 Å². The van der Waals surface area contributed by atoms with E-state index in [9.17, 15) is 4.39 Å². The molecule has 6 aromatic heterocycles. The highest BCUT2D eigenvalue weighted by Crippen LogP contribution is 2.38. The smallest absolute Gasteiger partial charge is 0.185 e. The first-order valence-corrected chi connectivity index (χ1v) is 24.2. The zero-order valence-electron chi connectivity index (χ0n) is 39.1. The molecule has 12 rings (SSSR count). The molecule has 366 valence electrons. The van der Waals surface area contributed by atoms with Gasteiger partial charge < -0.3 is 34.7 Å². The van der Waals surface area contributed by atoms with E-state index in [-0.39, 0.29) is 12.4 Å². The lowest BCUT2D eigenvalue weighted by atomic mass is 10.2. The number of H-pyrrole nitrogens is 1. The van der Waals surface area contributed by atoms with Gasteiger partial charge in [-0.05, 0) is 102 Å². The molecule has 6 aromatic carbocycles. The number of hydrogen-bond donors (Lipinski definition) is 4. The molecule has 0 fully saturated rings. The summed E-state index contributed by atoms with van der Waals surface area (Å²) < 4.78 is 42.3. The molecule has 0 aliphatic rings. The van der Waals surface area contributed by atoms with Gasteiger partial charge in [-0.15, -0.1) is 0 Å². The van der Waals surface area contributed by atoms with Crippen LogP contribution < -0.4 is 30.2 Å². The lowest BCUT2D eigenvalue weighted by Gasteiger charge is -2.10. The summed E-state index contributed by atoms with van der Waals surface area (Å²) in [4.78, 5) is 16.1. The van der Waals surface area contributed by atoms with Gasteiger partial charge in [-0.25, -0.2) is 14.4 Å². The van der Waals surface area contributed by atoms with Crippen molar-refractivity contribution < 1.29 is 23.1 Å². The monoisotopic (exact) mass is 1020 g/mol. The van der Waals surface area contributed by atoms with Crippen molar-refractivity contribution in [3.8, 4) is 17.2 Å². The van der Waals surface area contributed by atoms with E-state index in [0.717, 1.165) is 66.6 Å². The van der Waals surface area contributed by atoms with Crippen LogP contribution in [0.25, 0.3) is 32.0 Å². The zero-order valence-corrected chi connectivity index (χ0v) is 40.7. The van der Waals surface area contributed by atoms with Gasteiger partial charge in [0.25, 0.3) is 0 Å². The van der Waals surface area contributed by atoms with Crippen molar-refractivity contribution >= 4 is 89.6 Å². The zero-order chi connectivity index (χ0) is 50.3. The lowest BCUT2D eigenvalue weighted by molar-refractivity contribution is 0.309. The Morgan fingerprint density at radius 1 is 0.541 bits per heavy atom. The van der Waals surface area contributed by atoms with Crippen molar-refractivity contribution in [3.63, 3.8) is 0 Å². The molecular formula is C56H43ClFN11O4S. The first-order chi connectivity index (χ1) is 36.5. The minimum absolute atomic E-state index is 0.106. The first-order valence-electron chi connectivity index (χ1n) is 23.0. The van der Waals surface area contributed by atoms with E-state index in [1.165, 1.54) is 36.1 Å². The second-order valence-electron chi connectivity index (χ2n) is 16.1. The molecule has 0 spiro atoms. The van der Waals surface area contributed by atoms with Gasteiger partial charge in [-0.3, -0.25) is 15.1 Å². The van der Waals surface area contributed by atoms with Crippen LogP contribution in [0.4, 0.5) is 38.9 Å². The van der Waals surface area contributed by atoms with Crippen molar-refractivity contribution in [2.75, 3.05) is 16.0 Å². The van der Waals surface area contributed by atoms with Crippen molar-refractivity contribution in [2.45, 2.75) is 19.8 Å². The van der Waals surface area contributed by atoms with Crippen LogP contribution in [-0.2, 0) is 19.8 Å². The van der Waals surface area contributed by atoms with Crippen LogP contribution in [0, 0.1) is 5.82 Å². The Labute approximate surface area is 432 Å². The highest BCUT2D eigenvalue weighted by molar-refractivity contribution is 7.13. The minimum atomic E-state index is -0.373. The molecule has 0 aliphatic heterocycles. The Morgan fingerprint density at radius 3 is 1.81 bits per heavy atom. The average molecular weight is 1020 g/mol. The van der Waals surface area contributed by atoms with Crippen molar-refractivity contribution in [1.82, 2.24) is 39.7 Å². The molecule has 6 heterocycles. The molecule has 0 aliphatic carbocycles. The Kier molecular flexibility index (Phi) is 15.4. The van der Waals surface area contributed by atoms with Crippen LogP contribution in [-0.4, -0.2) is 39.7 Å². The summed E-state index contributed by atoms with van der Waals surface area (Å²) in [5.74, 6) is 3.77. The molecule has 0 radical (unpaired) electrons. The van der Waals surface area contributed by atoms with Gasteiger partial charge in [0.15, 0.2) is 23.0 Å². The molecule has 74 heavy (non-hydrogen) atoms. The molecule has 0 saturated heterocycles. The molecule has 0 atom stereocenters. The third kappa shape index (κ3) is 12.2. The number of fused-ring (bicyclic) bond motifs is 3. The molecule has 12 aromatic rings. The average Bonchev–Trinajstić information content (AvgIpc) is 4.19. The number of ether oxygens (including phenoxy) is 3. The van der Waals surface area contributed by atoms with Crippen LogP contribution in [0.3, 0.4) is 0 Å². The van der Waals surface area contributed by atoms with Gasteiger partial charge >= 0.3 is 0 Å². The lowest BCUT2D eigenvalue weighted by Crippen LogP contribution is -1.98. The van der Waals surface area contributed by atoms with Crippen LogP contribution in [0.15, 0.2) is 206 Å². The van der Waals surface area contributed by atoms with Crippen molar-refractivity contribution in [2.24, 2.45) is 0 Å². The maximum atomic E-state index is 13.4. The number of aromatic nitrogens is 8. The normalized spacial score (nSPS) is 10.7. The van der Waals surface area contributed by atoms with E-state index < -0.39 is 0 Å². The molecule has 0 saturated carbocycles. The Hall–Kier alpha value is -9.45. The summed E-state index contributed by atoms with van der Waals surface area (Å²) in [6, 6.07) is 49.3. The van der Waals surface area contributed by atoms with Crippen molar-refractivity contribution in [1.29, 1.82) is 0 Å². The first kappa shape index (κ1) is 48.2. The van der Waals surface area contributed by atoms with E-state index in [1.807, 2.05) is 103 Å². The van der Waals surface area contributed by atoms with E-state index in [0.29, 0.717) is 52.0 Å². The number of nitrogens with one attached hydrogen (secondary N) is 4. The van der Waals surface area contributed by atoms with E-state index in [4.69, 9.17) is 30.3 Å². The summed E-state index contributed by atoms with van der Waals surface area (Å²) in [6.45, 7) is 1.15. The fourth-order valence-corrected chi connectivity index (χ4v) is 8.44. The number of anilines is 6. The van der Waals surface area contributed by atoms with E-state index in [1.54, 1.807) is 55.4 Å². The van der Waals surface area contributed by atoms with Crippen LogP contribution in [0.1, 0.15) is 16.7 Å². The van der Waals surface area contributed by atoms with Gasteiger partial charge in [0, 0.05) is 23.0 Å². The van der Waals surface area contributed by atoms with Gasteiger partial charge in [0.05, 0.1) is 62.8 Å². The number of benzene rings is 6. The summed E-state index contributed by atoms with van der Waals surface area (Å²) in [7, 11) is 0. The second kappa shape index (κ2) is 23.6. The second-order valence-corrected chi connectivity index (χ2v) is 17.3. The highest BCUT2D eigenvalue weighted by atomic mass is 35.5. The molecule has 0 unspecified atom stereocenters. The topological polar surface area (TPSA) is 183 Å². The van der Waals surface area contributed by atoms with Crippen LogP contribution in [0.2, 0.25) is 5.02 Å². The van der Waals surface area contributed by atoms with Crippen molar-refractivity contribution in [3.05, 3.63) is 229 Å². The van der Waals surface area contributed by atoms with E-state index >= 15 is 0 Å². The van der Waals surface area contributed by atoms with Gasteiger partial charge in [-0.1, -0.05) is 95.6 Å². The highest BCUT2D eigenvalue weighted by Gasteiger charge is 2.17. The number of pyridine rings is 2. The predicted molar refractivity (Wildman–Crippen MR) is 287 cm³/mol. The summed E-state index contributed by atoms with van der Waals surface area (Å²) in [6.07, 6.45) is 11.7. The molecule has 0 amide bonds. The quantitative estimate of drug-likeness (QED) is 0.0761. The molecule has 15 nitrogen and oxygen atoms in total. The van der Waals surface area contributed by atoms with Gasteiger partial charge in [0.2, 0.25) is 0 Å². The standard InChI is InChI=1S/C19H16N4O.C19H15N3OS.C18H12ClFN4O2/c1-2-6-14(7-3-1)13-24-17-10-4-9-16-18(17)19(23-22-16)21-15-8-5-11-20-12-15;1-2-6-14(7-3-1)13-23-16-9-4-10-17-18(16)19(22-24-17)21-15-8-5-11-20-12-15;19-14-5-4-12(20)6-11(14)9-25-15-2-1-3-16-17(15)18(24-26-16)23-13-7-21-10-22-8-13/h1-12H,13H2,(H2,21,22,23);1-12H,13H2,(H,21,22);1-8,10H,9H2,(H,23,24). The summed E-state index contributed by atoms with van der Waals surface area (Å²) in [5, 5.41) is 24.1. The number of halogens is 2. The SMILES string of the molecule is Fc1ccc(Cl)c(COc2cccc3onc(Nc4cncnc4)c23)c1.c1ccc(COc2cccc3[nH]nc(Nc4cccnc4)c23)cc1.c1ccc(COc2cccc3snc(Nc4cccnc4)c23)cc1. The molecule has 18 heteroatoms. The van der Waals surface area contributed by atoms with E-state index in [2.05, 4.69) is 73.8 Å². The third-order valence-electron chi connectivity index (χ3n) is 11.0. The third-order valence-corrected chi connectivity index (χ3v) is 12.2. The van der Waals surface area contributed by atoms with Crippen LogP contribution in [0.5, 0.6) is 17.2 Å². The maximum Gasteiger partial charge on any atom is 0.185 e. The molecule has 0 bridgehead atoms. The van der Waals surface area contributed by atoms with Gasteiger partial charge in [0.1, 0.15) is 54.6 Å². The number of nitrogens with zero attached hydrogens (tertiary/aromatic N) is 7. The Balaban J connectivity index is 0.000000127. The number of hydrogen-bond acceptors (Lipinski definition) is 15. The summed E-state index contributed by atoms with van der Waals surface area (Å²) in [5.41, 5.74) is 6.72. The number of rotatable bonds is 15. The number of aromatic amines is 1. The predicted octanol–water partition coefficient (Wildman–Crippen LogP) is 14.0.